The van der Waals surface area contributed by atoms with Crippen molar-refractivity contribution in [2.45, 2.75) is 26.8 Å². The largest absolute Gasteiger partial charge is 0.462 e. The van der Waals surface area contributed by atoms with Gasteiger partial charge in [0.15, 0.2) is 0 Å². The second-order valence-electron chi connectivity index (χ2n) is 7.53. The fourth-order valence-corrected chi connectivity index (χ4v) is 3.67. The van der Waals surface area contributed by atoms with Crippen LogP contribution in [0.4, 0.5) is 5.82 Å². The first-order valence-electron chi connectivity index (χ1n) is 10.6. The number of nitrogens with zero attached hydrogens (tertiary/aromatic N) is 2. The first kappa shape index (κ1) is 22.1. The summed E-state index contributed by atoms with van der Waals surface area (Å²) in [6.07, 6.45) is 2.16. The second kappa shape index (κ2) is 8.78. The van der Waals surface area contributed by atoms with Gasteiger partial charge in [0.2, 0.25) is 5.78 Å². The number of benzene rings is 1. The summed E-state index contributed by atoms with van der Waals surface area (Å²) in [6.45, 7) is 4.32. The number of anilines is 1. The van der Waals surface area contributed by atoms with Crippen LogP contribution in [0.5, 0.6) is 0 Å². The van der Waals surface area contributed by atoms with Crippen LogP contribution in [-0.4, -0.2) is 27.5 Å². The lowest BCUT2D eigenvalue weighted by Gasteiger charge is -2.11. The zero-order chi connectivity index (χ0) is 23.7. The van der Waals surface area contributed by atoms with E-state index in [4.69, 9.17) is 9.15 Å². The number of carbonyl (C=O) groups excluding carboxylic acids is 2. The minimum Gasteiger partial charge on any atom is -0.462 e. The number of Topliss-reactive ketones (excluding diaryl/α,β-unsaturated/α-hetero) is 1. The lowest BCUT2D eigenvalue weighted by molar-refractivity contribution is 0.0526. The molecule has 3 heterocycles. The lowest BCUT2D eigenvalue weighted by atomic mass is 10.1. The number of furan rings is 1. The Morgan fingerprint density at radius 3 is 2.48 bits per heavy atom. The predicted molar refractivity (Wildman–Crippen MR) is 122 cm³/mol. The van der Waals surface area contributed by atoms with Crippen molar-refractivity contribution in [3.8, 4) is 11.3 Å². The third-order valence-corrected chi connectivity index (χ3v) is 5.31. The van der Waals surface area contributed by atoms with Crippen molar-refractivity contribution in [3.05, 3.63) is 79.8 Å². The Hall–Kier alpha value is -4.14. The molecule has 0 amide bonds. The molecule has 1 N–H and O–H groups in total. The zero-order valence-electron chi connectivity index (χ0n) is 18.5. The molecule has 1 aliphatic heterocycles. The lowest BCUT2D eigenvalue weighted by Crippen LogP contribution is -2.40. The van der Waals surface area contributed by atoms with E-state index in [2.05, 4.69) is 5.32 Å². The van der Waals surface area contributed by atoms with Gasteiger partial charge in [0.1, 0.15) is 22.9 Å². The minimum absolute atomic E-state index is 0.0573. The molecule has 0 saturated carbocycles. The van der Waals surface area contributed by atoms with Crippen molar-refractivity contribution in [1.29, 1.82) is 0 Å². The van der Waals surface area contributed by atoms with Crippen molar-refractivity contribution in [3.63, 3.8) is 0 Å². The quantitative estimate of drug-likeness (QED) is 0.455. The fourth-order valence-electron chi connectivity index (χ4n) is 3.67. The minimum atomic E-state index is -0.634. The second-order valence-corrected chi connectivity index (χ2v) is 7.53. The Bertz CT molecular complexity index is 1390. The third-order valence-electron chi connectivity index (χ3n) is 5.31. The van der Waals surface area contributed by atoms with E-state index >= 15 is 0 Å². The Labute approximate surface area is 188 Å². The average molecular weight is 449 g/mol. The molecule has 9 heteroatoms. The molecule has 0 fully saturated rings. The number of rotatable bonds is 6. The van der Waals surface area contributed by atoms with E-state index in [1.54, 1.807) is 43.3 Å². The highest BCUT2D eigenvalue weighted by molar-refractivity contribution is 6.19. The number of esters is 1. The number of ketones is 1. The molecule has 33 heavy (non-hydrogen) atoms. The van der Waals surface area contributed by atoms with Crippen LogP contribution >= 0.6 is 0 Å². The molecule has 2 aromatic heterocycles. The van der Waals surface area contributed by atoms with Gasteiger partial charge >= 0.3 is 11.7 Å². The molecular formula is C24H23N3O6. The third kappa shape index (κ3) is 3.93. The van der Waals surface area contributed by atoms with Gasteiger partial charge in [0, 0.05) is 25.2 Å². The van der Waals surface area contributed by atoms with Gasteiger partial charge in [0.05, 0.1) is 17.9 Å². The highest BCUT2D eigenvalue weighted by Crippen LogP contribution is 2.28. The first-order chi connectivity index (χ1) is 15.8. The molecule has 170 valence electrons. The molecule has 0 radical (unpaired) electrons. The molecule has 0 aliphatic carbocycles. The van der Waals surface area contributed by atoms with Gasteiger partial charge < -0.3 is 14.5 Å². The Morgan fingerprint density at radius 2 is 1.82 bits per heavy atom. The summed E-state index contributed by atoms with van der Waals surface area (Å²) in [6, 6.07) is 10.2. The zero-order valence-corrected chi connectivity index (χ0v) is 18.5. The standard InChI is InChI=1S/C24H23N3O6/c1-4-12-27-21-19(22(29)26(3)24(27)31)20(28)17(25-21)13-16-10-11-18(33-16)14-6-8-15(9-7-14)23(30)32-5-2/h6-11,13,25H,4-5,12H2,1-3H3/b17-13+. The molecule has 9 nitrogen and oxygen atoms in total. The van der Waals surface area contributed by atoms with Crippen LogP contribution in [0.25, 0.3) is 17.4 Å². The van der Waals surface area contributed by atoms with E-state index < -0.39 is 23.0 Å². The molecular weight excluding hydrogens is 426 g/mol. The molecule has 0 spiro atoms. The van der Waals surface area contributed by atoms with Crippen LogP contribution in [0.2, 0.25) is 0 Å². The molecule has 3 aromatic rings. The van der Waals surface area contributed by atoms with Gasteiger partial charge in [-0.25, -0.2) is 9.59 Å². The number of hydrogen-bond donors (Lipinski definition) is 1. The molecule has 4 rings (SSSR count). The Kier molecular flexibility index (Phi) is 5.87. The van der Waals surface area contributed by atoms with Gasteiger partial charge in [-0.2, -0.15) is 0 Å². The van der Waals surface area contributed by atoms with Crippen LogP contribution in [0.3, 0.4) is 0 Å². The number of allylic oxidation sites excluding steroid dienone is 1. The van der Waals surface area contributed by atoms with E-state index in [-0.39, 0.29) is 17.1 Å². The van der Waals surface area contributed by atoms with Gasteiger partial charge in [-0.3, -0.25) is 18.7 Å². The van der Waals surface area contributed by atoms with Crippen molar-refractivity contribution >= 4 is 23.6 Å². The van der Waals surface area contributed by atoms with Gasteiger partial charge in [0.25, 0.3) is 5.56 Å². The molecule has 0 saturated heterocycles. The van der Waals surface area contributed by atoms with E-state index in [1.807, 2.05) is 6.92 Å². The fraction of sp³-hybridized carbons (Fsp3) is 0.250. The Morgan fingerprint density at radius 1 is 1.09 bits per heavy atom. The number of aromatic nitrogens is 2. The van der Waals surface area contributed by atoms with Crippen molar-refractivity contribution in [1.82, 2.24) is 9.13 Å². The van der Waals surface area contributed by atoms with Crippen LogP contribution in [-0.2, 0) is 18.3 Å². The normalized spacial score (nSPS) is 13.8. The van der Waals surface area contributed by atoms with Gasteiger partial charge in [-0.05, 0) is 37.6 Å². The van der Waals surface area contributed by atoms with Gasteiger partial charge in [-0.1, -0.05) is 19.1 Å². The predicted octanol–water partition coefficient (Wildman–Crippen LogP) is 3.04. The van der Waals surface area contributed by atoms with E-state index in [9.17, 15) is 19.2 Å². The van der Waals surface area contributed by atoms with Crippen LogP contribution in [0, 0.1) is 0 Å². The first-order valence-corrected chi connectivity index (χ1v) is 10.6. The summed E-state index contributed by atoms with van der Waals surface area (Å²) < 4.78 is 13.2. The highest BCUT2D eigenvalue weighted by atomic mass is 16.5. The maximum atomic E-state index is 12.9. The summed E-state index contributed by atoms with van der Waals surface area (Å²) in [4.78, 5) is 49.8. The number of hydrogen-bond acceptors (Lipinski definition) is 7. The van der Waals surface area contributed by atoms with Crippen LogP contribution in [0.1, 0.15) is 46.7 Å². The summed E-state index contributed by atoms with van der Waals surface area (Å²) in [5.74, 6) is 0.255. The molecule has 1 aromatic carbocycles. The van der Waals surface area contributed by atoms with Gasteiger partial charge in [-0.15, -0.1) is 0 Å². The molecule has 0 unspecified atom stereocenters. The number of nitrogens with one attached hydrogen (secondary N) is 1. The summed E-state index contributed by atoms with van der Waals surface area (Å²) in [5.41, 5.74) is 0.160. The Balaban J connectivity index is 1.64. The summed E-state index contributed by atoms with van der Waals surface area (Å²) in [5, 5.41) is 2.93. The molecule has 0 atom stereocenters. The SMILES string of the molecule is CCCn1c2c(c(=O)n(C)c1=O)C(=O)/C(=C\c1ccc(-c3ccc(C(=O)OCC)cc3)o1)N2. The summed E-state index contributed by atoms with van der Waals surface area (Å²) >= 11 is 0. The molecule has 0 bridgehead atoms. The average Bonchev–Trinajstić information content (AvgIpc) is 3.40. The van der Waals surface area contributed by atoms with E-state index in [1.165, 1.54) is 17.7 Å². The van der Waals surface area contributed by atoms with Crippen LogP contribution < -0.4 is 16.6 Å². The van der Waals surface area contributed by atoms with Crippen molar-refractivity contribution < 1.29 is 18.7 Å². The monoisotopic (exact) mass is 449 g/mol. The van der Waals surface area contributed by atoms with Crippen molar-refractivity contribution in [2.75, 3.05) is 11.9 Å². The highest BCUT2D eigenvalue weighted by Gasteiger charge is 2.32. The number of fused-ring (bicyclic) bond motifs is 1. The summed E-state index contributed by atoms with van der Waals surface area (Å²) in [7, 11) is 1.36. The topological polar surface area (TPSA) is 113 Å². The van der Waals surface area contributed by atoms with E-state index in [0.717, 1.165) is 10.1 Å². The van der Waals surface area contributed by atoms with Crippen molar-refractivity contribution in [2.24, 2.45) is 7.05 Å². The smallest absolute Gasteiger partial charge is 0.338 e. The maximum Gasteiger partial charge on any atom is 0.338 e. The van der Waals surface area contributed by atoms with Crippen LogP contribution in [0.15, 0.2) is 56.1 Å². The van der Waals surface area contributed by atoms with E-state index in [0.29, 0.717) is 36.7 Å². The molecule has 1 aliphatic rings. The number of carbonyl (C=O) groups is 2. The number of ether oxygens (including phenoxy) is 1. The maximum absolute atomic E-state index is 12.9.